The Labute approximate surface area is 120 Å². The highest BCUT2D eigenvalue weighted by atomic mass is 19.2. The van der Waals surface area contributed by atoms with Crippen molar-refractivity contribution >= 4 is 0 Å². The Kier molecular flexibility index (Phi) is 6.56. The first-order valence-corrected chi connectivity index (χ1v) is 7.37. The molecule has 1 rings (SSSR count). The van der Waals surface area contributed by atoms with Gasteiger partial charge in [0.15, 0.2) is 11.6 Å². The molecule has 0 saturated carbocycles. The minimum absolute atomic E-state index is 0.337. The molecule has 0 amide bonds. The molecule has 0 aliphatic heterocycles. The second-order valence-corrected chi connectivity index (χ2v) is 4.84. The molecule has 0 heterocycles. The van der Waals surface area contributed by atoms with Crippen molar-refractivity contribution in [1.82, 2.24) is 5.32 Å². The van der Waals surface area contributed by atoms with E-state index in [4.69, 9.17) is 4.74 Å². The Hall–Kier alpha value is -1.00. The summed E-state index contributed by atoms with van der Waals surface area (Å²) in [6.07, 6.45) is 1.45. The zero-order valence-corrected chi connectivity index (χ0v) is 12.8. The molecule has 2 nitrogen and oxygen atoms in total. The first-order valence-electron chi connectivity index (χ1n) is 7.37. The van der Waals surface area contributed by atoms with Crippen molar-refractivity contribution in [2.75, 3.05) is 13.2 Å². The average molecular weight is 285 g/mol. The van der Waals surface area contributed by atoms with E-state index in [0.29, 0.717) is 18.7 Å². The van der Waals surface area contributed by atoms with Crippen LogP contribution in [0.4, 0.5) is 8.78 Å². The molecule has 0 saturated heterocycles. The summed E-state index contributed by atoms with van der Waals surface area (Å²) in [6, 6.07) is 3.95. The van der Waals surface area contributed by atoms with E-state index < -0.39 is 17.2 Å². The van der Waals surface area contributed by atoms with Gasteiger partial charge < -0.3 is 10.1 Å². The summed E-state index contributed by atoms with van der Waals surface area (Å²) in [5.41, 5.74) is -0.191. The van der Waals surface area contributed by atoms with Crippen molar-refractivity contribution in [1.29, 1.82) is 0 Å². The van der Waals surface area contributed by atoms with Crippen LogP contribution in [0.15, 0.2) is 18.2 Å². The molecule has 4 heteroatoms. The molecule has 0 aliphatic carbocycles. The lowest BCUT2D eigenvalue weighted by molar-refractivity contribution is -0.0738. The average Bonchev–Trinajstić information content (AvgIpc) is 2.46. The summed E-state index contributed by atoms with van der Waals surface area (Å²) >= 11 is 0. The van der Waals surface area contributed by atoms with Crippen LogP contribution in [0.2, 0.25) is 0 Å². The van der Waals surface area contributed by atoms with E-state index in [2.05, 4.69) is 5.32 Å². The van der Waals surface area contributed by atoms with E-state index in [1.165, 1.54) is 0 Å². The second kappa shape index (κ2) is 7.70. The fraction of sp³-hybridized carbons (Fsp3) is 0.625. The van der Waals surface area contributed by atoms with E-state index in [9.17, 15) is 8.78 Å². The summed E-state index contributed by atoms with van der Waals surface area (Å²) in [4.78, 5) is 0. The maximum atomic E-state index is 14.1. The molecule has 0 bridgehead atoms. The quantitative estimate of drug-likeness (QED) is 0.772. The van der Waals surface area contributed by atoms with Crippen molar-refractivity contribution in [3.8, 4) is 0 Å². The molecule has 1 aromatic carbocycles. The Bertz CT molecular complexity index is 419. The fourth-order valence-electron chi connectivity index (χ4n) is 2.76. The van der Waals surface area contributed by atoms with Crippen molar-refractivity contribution < 1.29 is 13.5 Å². The van der Waals surface area contributed by atoms with Gasteiger partial charge in [0.25, 0.3) is 0 Å². The molecule has 0 aliphatic rings. The first kappa shape index (κ1) is 17.1. The van der Waals surface area contributed by atoms with Crippen LogP contribution in [0.25, 0.3) is 0 Å². The number of benzene rings is 1. The highest BCUT2D eigenvalue weighted by molar-refractivity contribution is 5.25. The van der Waals surface area contributed by atoms with Gasteiger partial charge in [-0.05, 0) is 32.4 Å². The molecule has 1 unspecified atom stereocenters. The second-order valence-electron chi connectivity index (χ2n) is 4.84. The third-order valence-electron chi connectivity index (χ3n) is 3.86. The molecule has 0 spiro atoms. The Balaban J connectivity index is 3.30. The normalized spacial score (nSPS) is 13.5. The molecule has 1 atom stereocenters. The van der Waals surface area contributed by atoms with Crippen LogP contribution >= 0.6 is 0 Å². The summed E-state index contributed by atoms with van der Waals surface area (Å²) < 4.78 is 33.6. The van der Waals surface area contributed by atoms with Crippen LogP contribution in [0.5, 0.6) is 0 Å². The van der Waals surface area contributed by atoms with Crippen molar-refractivity contribution in [2.24, 2.45) is 0 Å². The SMILES string of the molecule is CCNC(c1cccc(F)c1F)C(CC)(CC)OCC. The standard InChI is InChI=1S/C16H25F2NO/c1-5-16(6-2,20-8-4)15(19-7-3)12-10-9-11-13(17)14(12)18/h9-11,15,19H,5-8H2,1-4H3. The van der Waals surface area contributed by atoms with Crippen LogP contribution in [-0.4, -0.2) is 18.8 Å². The molecular weight excluding hydrogens is 260 g/mol. The third kappa shape index (κ3) is 3.36. The van der Waals surface area contributed by atoms with Gasteiger partial charge in [-0.2, -0.15) is 0 Å². The Morgan fingerprint density at radius 2 is 1.80 bits per heavy atom. The Morgan fingerprint density at radius 1 is 1.15 bits per heavy atom. The third-order valence-corrected chi connectivity index (χ3v) is 3.86. The number of ether oxygens (including phenoxy) is 1. The first-order chi connectivity index (χ1) is 9.56. The number of rotatable bonds is 8. The van der Waals surface area contributed by atoms with Gasteiger partial charge >= 0.3 is 0 Å². The number of hydrogen-bond acceptors (Lipinski definition) is 2. The molecule has 0 radical (unpaired) electrons. The number of halogens is 2. The van der Waals surface area contributed by atoms with Gasteiger partial charge in [-0.15, -0.1) is 0 Å². The Morgan fingerprint density at radius 3 is 2.30 bits per heavy atom. The van der Waals surface area contributed by atoms with Gasteiger partial charge in [-0.25, -0.2) is 8.78 Å². The van der Waals surface area contributed by atoms with E-state index >= 15 is 0 Å². The fourth-order valence-corrected chi connectivity index (χ4v) is 2.76. The molecule has 1 aromatic rings. The summed E-state index contributed by atoms with van der Waals surface area (Å²) in [7, 11) is 0. The van der Waals surface area contributed by atoms with Gasteiger partial charge in [-0.3, -0.25) is 0 Å². The zero-order chi connectivity index (χ0) is 15.2. The van der Waals surface area contributed by atoms with Gasteiger partial charge in [0.2, 0.25) is 0 Å². The predicted molar refractivity (Wildman–Crippen MR) is 77.7 cm³/mol. The van der Waals surface area contributed by atoms with E-state index in [1.807, 2.05) is 27.7 Å². The smallest absolute Gasteiger partial charge is 0.163 e. The van der Waals surface area contributed by atoms with Gasteiger partial charge in [0, 0.05) is 12.2 Å². The summed E-state index contributed by atoms with van der Waals surface area (Å²) in [5.74, 6) is -1.60. The minimum atomic E-state index is -0.817. The molecular formula is C16H25F2NO. The largest absolute Gasteiger partial charge is 0.373 e. The molecule has 20 heavy (non-hydrogen) atoms. The van der Waals surface area contributed by atoms with Crippen molar-refractivity contribution in [2.45, 2.75) is 52.2 Å². The lowest BCUT2D eigenvalue weighted by Crippen LogP contribution is -2.46. The minimum Gasteiger partial charge on any atom is -0.373 e. The van der Waals surface area contributed by atoms with Gasteiger partial charge in [0.05, 0.1) is 11.6 Å². The van der Waals surface area contributed by atoms with E-state index in [-0.39, 0.29) is 6.04 Å². The van der Waals surface area contributed by atoms with Crippen molar-refractivity contribution in [3.05, 3.63) is 35.4 Å². The number of likely N-dealkylation sites (N-methyl/N-ethyl adjacent to an activating group) is 1. The number of nitrogens with one attached hydrogen (secondary N) is 1. The lowest BCUT2D eigenvalue weighted by Gasteiger charge is -2.40. The predicted octanol–water partition coefficient (Wildman–Crippen LogP) is 4.21. The maximum Gasteiger partial charge on any atom is 0.163 e. The highest BCUT2D eigenvalue weighted by Crippen LogP contribution is 2.36. The molecule has 0 aromatic heterocycles. The molecule has 114 valence electrons. The van der Waals surface area contributed by atoms with Crippen LogP contribution in [0.1, 0.15) is 52.1 Å². The maximum absolute atomic E-state index is 14.1. The highest BCUT2D eigenvalue weighted by Gasteiger charge is 2.38. The lowest BCUT2D eigenvalue weighted by atomic mass is 9.83. The topological polar surface area (TPSA) is 21.3 Å². The van der Waals surface area contributed by atoms with Crippen LogP contribution < -0.4 is 5.32 Å². The van der Waals surface area contributed by atoms with Crippen LogP contribution in [0.3, 0.4) is 0 Å². The van der Waals surface area contributed by atoms with Crippen molar-refractivity contribution in [3.63, 3.8) is 0 Å². The van der Waals surface area contributed by atoms with Gasteiger partial charge in [0.1, 0.15) is 0 Å². The van der Waals surface area contributed by atoms with Crippen LogP contribution in [0, 0.1) is 11.6 Å². The molecule has 0 fully saturated rings. The number of hydrogen-bond donors (Lipinski definition) is 1. The van der Waals surface area contributed by atoms with E-state index in [1.54, 1.807) is 12.1 Å². The summed E-state index contributed by atoms with van der Waals surface area (Å²) in [6.45, 7) is 9.11. The van der Waals surface area contributed by atoms with E-state index in [0.717, 1.165) is 18.9 Å². The summed E-state index contributed by atoms with van der Waals surface area (Å²) in [5, 5.41) is 3.26. The monoisotopic (exact) mass is 285 g/mol. The molecule has 1 N–H and O–H groups in total. The van der Waals surface area contributed by atoms with Crippen LogP contribution in [-0.2, 0) is 4.74 Å². The van der Waals surface area contributed by atoms with Gasteiger partial charge in [-0.1, -0.05) is 32.9 Å². The zero-order valence-electron chi connectivity index (χ0n) is 12.8.